The van der Waals surface area contributed by atoms with Crippen molar-refractivity contribution in [3.63, 3.8) is 0 Å². The molecule has 1 aromatic heterocycles. The van der Waals surface area contributed by atoms with Gasteiger partial charge >= 0.3 is 0 Å². The standard InChI is InChI=1S/C21H22N2O2S2/c1-5-25-13-10-11-15-14(12-13)18-19(21(2,3)22-15)27-23(20(18)26)16-8-6-7-9-17(16)24-4/h6-12,22H,5H2,1-4H3. The molecule has 6 heteroatoms. The van der Waals surface area contributed by atoms with Crippen molar-refractivity contribution in [2.45, 2.75) is 26.3 Å². The first kappa shape index (κ1) is 18.1. The number of rotatable bonds is 4. The Balaban J connectivity index is 1.98. The lowest BCUT2D eigenvalue weighted by atomic mass is 9.90. The Labute approximate surface area is 168 Å². The Morgan fingerprint density at radius 2 is 1.96 bits per heavy atom. The SMILES string of the molecule is CCOc1ccc2c(c1)-c1c(sn(-c3ccccc3OC)c1=S)C(C)(C)N2. The second-order valence-corrected chi connectivity index (χ2v) is 8.30. The summed E-state index contributed by atoms with van der Waals surface area (Å²) in [6.45, 7) is 6.99. The molecule has 0 saturated heterocycles. The Morgan fingerprint density at radius 3 is 2.70 bits per heavy atom. The fourth-order valence-electron chi connectivity index (χ4n) is 3.49. The molecular weight excluding hydrogens is 376 g/mol. The van der Waals surface area contributed by atoms with Crippen LogP contribution in [0.2, 0.25) is 0 Å². The number of aromatic nitrogens is 1. The van der Waals surface area contributed by atoms with Gasteiger partial charge in [0.05, 0.1) is 29.8 Å². The van der Waals surface area contributed by atoms with E-state index < -0.39 is 0 Å². The summed E-state index contributed by atoms with van der Waals surface area (Å²) in [5.74, 6) is 1.66. The average Bonchev–Trinajstić information content (AvgIpc) is 3.01. The number of hydrogen-bond acceptors (Lipinski definition) is 5. The third-order valence-electron chi connectivity index (χ3n) is 4.70. The second kappa shape index (κ2) is 6.69. The number of methoxy groups -OCH3 is 1. The molecule has 27 heavy (non-hydrogen) atoms. The highest BCUT2D eigenvalue weighted by atomic mass is 32.1. The van der Waals surface area contributed by atoms with Gasteiger partial charge in [-0.15, -0.1) is 0 Å². The Kier molecular flexibility index (Phi) is 4.48. The molecule has 140 valence electrons. The molecule has 1 N–H and O–H groups in total. The van der Waals surface area contributed by atoms with Gasteiger partial charge in [-0.3, -0.25) is 3.96 Å². The first-order valence-electron chi connectivity index (χ1n) is 8.92. The number of para-hydroxylation sites is 2. The number of nitrogens with one attached hydrogen (secondary N) is 1. The normalized spacial score (nSPS) is 14.1. The zero-order valence-corrected chi connectivity index (χ0v) is 17.5. The highest BCUT2D eigenvalue weighted by Crippen LogP contribution is 2.48. The molecule has 1 aliphatic rings. The number of anilines is 1. The van der Waals surface area contributed by atoms with Gasteiger partial charge in [0.25, 0.3) is 0 Å². The number of nitrogens with zero attached hydrogens (tertiary/aromatic N) is 1. The number of benzene rings is 2. The molecule has 0 aliphatic carbocycles. The third-order valence-corrected chi connectivity index (χ3v) is 6.66. The van der Waals surface area contributed by atoms with Crippen molar-refractivity contribution in [3.8, 4) is 28.3 Å². The molecular formula is C21H22N2O2S2. The Bertz CT molecular complexity index is 1070. The fraction of sp³-hybridized carbons (Fsp3) is 0.286. The van der Waals surface area contributed by atoms with Crippen molar-refractivity contribution in [3.05, 3.63) is 52.0 Å². The minimum atomic E-state index is -0.221. The Morgan fingerprint density at radius 1 is 1.19 bits per heavy atom. The van der Waals surface area contributed by atoms with Gasteiger partial charge in [0, 0.05) is 16.8 Å². The third kappa shape index (κ3) is 2.93. The second-order valence-electron chi connectivity index (χ2n) is 6.96. The predicted molar refractivity (Wildman–Crippen MR) is 114 cm³/mol. The minimum Gasteiger partial charge on any atom is -0.495 e. The predicted octanol–water partition coefficient (Wildman–Crippen LogP) is 6.00. The maximum atomic E-state index is 5.94. The molecule has 0 atom stereocenters. The van der Waals surface area contributed by atoms with Gasteiger partial charge in [0.2, 0.25) is 0 Å². The molecule has 0 radical (unpaired) electrons. The molecule has 2 heterocycles. The molecule has 0 unspecified atom stereocenters. The summed E-state index contributed by atoms with van der Waals surface area (Å²) in [5.41, 5.74) is 4.00. The van der Waals surface area contributed by atoms with E-state index in [4.69, 9.17) is 21.7 Å². The Hall–Kier alpha value is -2.31. The quantitative estimate of drug-likeness (QED) is 0.547. The van der Waals surface area contributed by atoms with Crippen LogP contribution in [-0.4, -0.2) is 17.7 Å². The summed E-state index contributed by atoms with van der Waals surface area (Å²) in [4.78, 5) is 1.21. The molecule has 2 aromatic carbocycles. The van der Waals surface area contributed by atoms with Crippen molar-refractivity contribution >= 4 is 29.4 Å². The summed E-state index contributed by atoms with van der Waals surface area (Å²) < 4.78 is 14.2. The zero-order chi connectivity index (χ0) is 19.2. The van der Waals surface area contributed by atoms with Crippen molar-refractivity contribution in [2.75, 3.05) is 19.0 Å². The van der Waals surface area contributed by atoms with E-state index in [2.05, 4.69) is 35.3 Å². The van der Waals surface area contributed by atoms with E-state index in [0.29, 0.717) is 6.61 Å². The monoisotopic (exact) mass is 398 g/mol. The van der Waals surface area contributed by atoms with Crippen LogP contribution in [0.1, 0.15) is 25.6 Å². The summed E-state index contributed by atoms with van der Waals surface area (Å²) in [5, 5.41) is 3.65. The molecule has 0 saturated carbocycles. The lowest BCUT2D eigenvalue weighted by molar-refractivity contribution is 0.340. The van der Waals surface area contributed by atoms with Crippen molar-refractivity contribution in [2.24, 2.45) is 0 Å². The van der Waals surface area contributed by atoms with Gasteiger partial charge in [0.1, 0.15) is 16.1 Å². The van der Waals surface area contributed by atoms with Crippen LogP contribution in [-0.2, 0) is 5.54 Å². The van der Waals surface area contributed by atoms with E-state index >= 15 is 0 Å². The van der Waals surface area contributed by atoms with Crippen LogP contribution >= 0.6 is 23.8 Å². The molecule has 4 rings (SSSR count). The van der Waals surface area contributed by atoms with Gasteiger partial charge < -0.3 is 14.8 Å². The lowest BCUT2D eigenvalue weighted by Crippen LogP contribution is -2.30. The first-order valence-corrected chi connectivity index (χ1v) is 10.1. The van der Waals surface area contributed by atoms with Crippen LogP contribution in [0.25, 0.3) is 16.8 Å². The molecule has 4 nitrogen and oxygen atoms in total. The molecule has 0 spiro atoms. The van der Waals surface area contributed by atoms with Gasteiger partial charge in [-0.25, -0.2) is 0 Å². The van der Waals surface area contributed by atoms with Crippen molar-refractivity contribution in [1.82, 2.24) is 3.96 Å². The maximum absolute atomic E-state index is 5.94. The number of hydrogen-bond donors (Lipinski definition) is 1. The number of fused-ring (bicyclic) bond motifs is 3. The van der Waals surface area contributed by atoms with Crippen molar-refractivity contribution in [1.29, 1.82) is 0 Å². The highest BCUT2D eigenvalue weighted by Gasteiger charge is 2.35. The van der Waals surface area contributed by atoms with Gasteiger partial charge in [-0.1, -0.05) is 35.9 Å². The van der Waals surface area contributed by atoms with E-state index in [1.165, 1.54) is 4.88 Å². The molecule has 1 aliphatic heterocycles. The van der Waals surface area contributed by atoms with Crippen molar-refractivity contribution < 1.29 is 9.47 Å². The number of ether oxygens (including phenoxy) is 2. The summed E-state index contributed by atoms with van der Waals surface area (Å²) in [6, 6.07) is 14.1. The van der Waals surface area contributed by atoms with E-state index in [0.717, 1.165) is 38.6 Å². The molecule has 0 amide bonds. The van der Waals surface area contributed by atoms with Crippen LogP contribution < -0.4 is 14.8 Å². The molecule has 3 aromatic rings. The summed E-state index contributed by atoms with van der Waals surface area (Å²) in [6.07, 6.45) is 0. The smallest absolute Gasteiger partial charge is 0.143 e. The minimum absolute atomic E-state index is 0.221. The van der Waals surface area contributed by atoms with Crippen LogP contribution in [0.3, 0.4) is 0 Å². The maximum Gasteiger partial charge on any atom is 0.143 e. The van der Waals surface area contributed by atoms with Crippen LogP contribution in [0.15, 0.2) is 42.5 Å². The highest BCUT2D eigenvalue weighted by molar-refractivity contribution is 7.71. The molecule has 0 bridgehead atoms. The van der Waals surface area contributed by atoms with Crippen LogP contribution in [0, 0.1) is 4.64 Å². The van der Waals surface area contributed by atoms with Gasteiger partial charge in [-0.05, 0) is 51.1 Å². The lowest BCUT2D eigenvalue weighted by Gasteiger charge is -2.33. The fourth-order valence-corrected chi connectivity index (χ4v) is 5.16. The summed E-state index contributed by atoms with van der Waals surface area (Å²) in [7, 11) is 1.69. The average molecular weight is 399 g/mol. The molecule has 0 fully saturated rings. The van der Waals surface area contributed by atoms with E-state index in [1.807, 2.05) is 37.3 Å². The van der Waals surface area contributed by atoms with E-state index in [-0.39, 0.29) is 5.54 Å². The van der Waals surface area contributed by atoms with Crippen LogP contribution in [0.4, 0.5) is 5.69 Å². The zero-order valence-electron chi connectivity index (χ0n) is 15.8. The van der Waals surface area contributed by atoms with Gasteiger partial charge in [-0.2, -0.15) is 0 Å². The first-order chi connectivity index (χ1) is 13.0. The van der Waals surface area contributed by atoms with Gasteiger partial charge in [0.15, 0.2) is 0 Å². The van der Waals surface area contributed by atoms with E-state index in [9.17, 15) is 0 Å². The van der Waals surface area contributed by atoms with E-state index in [1.54, 1.807) is 18.6 Å². The van der Waals surface area contributed by atoms with Crippen LogP contribution in [0.5, 0.6) is 11.5 Å². The summed E-state index contributed by atoms with van der Waals surface area (Å²) >= 11 is 7.60. The topological polar surface area (TPSA) is 35.4 Å². The largest absolute Gasteiger partial charge is 0.495 e.